The third-order valence-electron chi connectivity index (χ3n) is 2.97. The van der Waals surface area contributed by atoms with Gasteiger partial charge in [-0.1, -0.05) is 12.1 Å². The fourth-order valence-corrected chi connectivity index (χ4v) is 1.79. The molecule has 2 amide bonds. The summed E-state index contributed by atoms with van der Waals surface area (Å²) in [6.45, 7) is 2.11. The molecule has 0 aliphatic heterocycles. The maximum Gasteiger partial charge on any atom is 0.335 e. The third kappa shape index (κ3) is 7.31. The number of hydrogen-bond acceptors (Lipinski definition) is 3. The van der Waals surface area contributed by atoms with E-state index >= 15 is 0 Å². The largest absolute Gasteiger partial charge is 0.478 e. The minimum atomic E-state index is -0.934. The first-order valence-electron chi connectivity index (χ1n) is 6.97. The van der Waals surface area contributed by atoms with E-state index in [2.05, 4.69) is 15.5 Å². The van der Waals surface area contributed by atoms with E-state index in [-0.39, 0.29) is 11.6 Å². The Labute approximate surface area is 125 Å². The van der Waals surface area contributed by atoms with Crippen molar-refractivity contribution < 1.29 is 14.7 Å². The van der Waals surface area contributed by atoms with Gasteiger partial charge in [-0.3, -0.25) is 0 Å². The fourth-order valence-electron chi connectivity index (χ4n) is 1.79. The molecule has 1 rings (SSSR count). The number of carboxylic acid groups (broad SMARTS) is 1. The highest BCUT2D eigenvalue weighted by atomic mass is 16.4. The summed E-state index contributed by atoms with van der Waals surface area (Å²) < 4.78 is 0. The molecule has 0 bridgehead atoms. The van der Waals surface area contributed by atoms with Crippen molar-refractivity contribution in [2.75, 3.05) is 33.7 Å². The molecule has 0 unspecified atom stereocenters. The first kappa shape index (κ1) is 17.0. The predicted molar refractivity (Wildman–Crippen MR) is 81.7 cm³/mol. The van der Waals surface area contributed by atoms with Crippen LogP contribution in [0.3, 0.4) is 0 Å². The Morgan fingerprint density at radius 3 is 2.29 bits per heavy atom. The summed E-state index contributed by atoms with van der Waals surface area (Å²) >= 11 is 0. The lowest BCUT2D eigenvalue weighted by atomic mass is 10.1. The topological polar surface area (TPSA) is 81.7 Å². The summed E-state index contributed by atoms with van der Waals surface area (Å²) in [5, 5.41) is 14.4. The maximum atomic E-state index is 11.5. The number of rotatable bonds is 8. The predicted octanol–water partition coefficient (Wildman–Crippen LogP) is 1.18. The van der Waals surface area contributed by atoms with E-state index in [1.165, 1.54) is 0 Å². The Morgan fingerprint density at radius 2 is 1.71 bits per heavy atom. The molecule has 0 saturated carbocycles. The van der Waals surface area contributed by atoms with E-state index in [1.54, 1.807) is 24.3 Å². The molecule has 0 atom stereocenters. The lowest BCUT2D eigenvalue weighted by Crippen LogP contribution is -2.37. The van der Waals surface area contributed by atoms with E-state index in [0.717, 1.165) is 18.5 Å². The van der Waals surface area contributed by atoms with Gasteiger partial charge in [-0.2, -0.15) is 0 Å². The smallest absolute Gasteiger partial charge is 0.335 e. The lowest BCUT2D eigenvalue weighted by Gasteiger charge is -2.10. The van der Waals surface area contributed by atoms with E-state index in [4.69, 9.17) is 5.11 Å². The SMILES string of the molecule is CN(C)CCCNC(=O)NCCc1ccc(C(=O)O)cc1. The molecule has 3 N–H and O–H groups in total. The molecular weight excluding hydrogens is 270 g/mol. The van der Waals surface area contributed by atoms with E-state index in [1.807, 2.05) is 14.1 Å². The van der Waals surface area contributed by atoms with Gasteiger partial charge < -0.3 is 20.6 Å². The van der Waals surface area contributed by atoms with E-state index in [9.17, 15) is 9.59 Å². The van der Waals surface area contributed by atoms with Crippen molar-refractivity contribution in [1.82, 2.24) is 15.5 Å². The van der Waals surface area contributed by atoms with Gasteiger partial charge in [0, 0.05) is 13.1 Å². The van der Waals surface area contributed by atoms with Crippen LogP contribution in [0.25, 0.3) is 0 Å². The number of nitrogens with zero attached hydrogens (tertiary/aromatic N) is 1. The zero-order valence-electron chi connectivity index (χ0n) is 12.6. The van der Waals surface area contributed by atoms with Gasteiger partial charge in [0.25, 0.3) is 0 Å². The van der Waals surface area contributed by atoms with Crippen molar-refractivity contribution in [2.45, 2.75) is 12.8 Å². The Bertz CT molecular complexity index is 458. The molecule has 0 aromatic heterocycles. The molecule has 0 aliphatic rings. The highest BCUT2D eigenvalue weighted by molar-refractivity contribution is 5.87. The summed E-state index contributed by atoms with van der Waals surface area (Å²) in [6, 6.07) is 6.49. The van der Waals surface area contributed by atoms with Crippen LogP contribution in [0.15, 0.2) is 24.3 Å². The second-order valence-electron chi connectivity index (χ2n) is 5.09. The molecule has 0 fully saturated rings. The molecule has 21 heavy (non-hydrogen) atoms. The standard InChI is InChI=1S/C15H23N3O3/c1-18(2)11-3-9-16-15(21)17-10-8-12-4-6-13(7-5-12)14(19)20/h4-7H,3,8-11H2,1-2H3,(H,19,20)(H2,16,17,21). The summed E-state index contributed by atoms with van der Waals surface area (Å²) in [4.78, 5) is 24.3. The quantitative estimate of drug-likeness (QED) is 0.629. The van der Waals surface area contributed by atoms with Crippen LogP contribution in [-0.2, 0) is 6.42 Å². The van der Waals surface area contributed by atoms with Crippen LogP contribution in [-0.4, -0.2) is 55.7 Å². The van der Waals surface area contributed by atoms with Crippen molar-refractivity contribution in [3.05, 3.63) is 35.4 Å². The summed E-state index contributed by atoms with van der Waals surface area (Å²) in [5.74, 6) is -0.934. The summed E-state index contributed by atoms with van der Waals surface area (Å²) in [6.07, 6.45) is 1.59. The molecule has 0 heterocycles. The van der Waals surface area contributed by atoms with Crippen molar-refractivity contribution in [3.63, 3.8) is 0 Å². The Balaban J connectivity index is 2.18. The average Bonchev–Trinajstić information content (AvgIpc) is 2.44. The average molecular weight is 293 g/mol. The molecule has 1 aromatic carbocycles. The first-order valence-corrected chi connectivity index (χ1v) is 6.97. The van der Waals surface area contributed by atoms with Crippen LogP contribution in [0, 0.1) is 0 Å². The Morgan fingerprint density at radius 1 is 1.10 bits per heavy atom. The molecule has 116 valence electrons. The summed E-state index contributed by atoms with van der Waals surface area (Å²) in [5.41, 5.74) is 1.26. The van der Waals surface area contributed by atoms with Crippen molar-refractivity contribution in [2.24, 2.45) is 0 Å². The molecular formula is C15H23N3O3. The van der Waals surface area contributed by atoms with Crippen LogP contribution >= 0.6 is 0 Å². The van der Waals surface area contributed by atoms with E-state index in [0.29, 0.717) is 19.5 Å². The second kappa shape index (κ2) is 8.97. The number of hydrogen-bond donors (Lipinski definition) is 3. The van der Waals surface area contributed by atoms with Crippen LogP contribution in [0.1, 0.15) is 22.3 Å². The lowest BCUT2D eigenvalue weighted by molar-refractivity contribution is 0.0697. The van der Waals surface area contributed by atoms with E-state index < -0.39 is 5.97 Å². The highest BCUT2D eigenvalue weighted by Crippen LogP contribution is 2.04. The zero-order valence-corrected chi connectivity index (χ0v) is 12.6. The molecule has 0 aliphatic carbocycles. The zero-order chi connectivity index (χ0) is 15.7. The molecule has 6 nitrogen and oxygen atoms in total. The molecule has 0 spiro atoms. The monoisotopic (exact) mass is 293 g/mol. The fraction of sp³-hybridized carbons (Fsp3) is 0.467. The molecule has 6 heteroatoms. The normalized spacial score (nSPS) is 10.4. The maximum absolute atomic E-state index is 11.5. The van der Waals surface area contributed by atoms with Crippen LogP contribution < -0.4 is 10.6 Å². The minimum Gasteiger partial charge on any atom is -0.478 e. The highest BCUT2D eigenvalue weighted by Gasteiger charge is 2.03. The molecule has 0 radical (unpaired) electrons. The minimum absolute atomic E-state index is 0.170. The van der Waals surface area contributed by atoms with Crippen molar-refractivity contribution >= 4 is 12.0 Å². The molecule has 1 aromatic rings. The Kier molecular flexibility index (Phi) is 7.25. The Hall–Kier alpha value is -2.08. The first-order chi connectivity index (χ1) is 9.99. The number of urea groups is 1. The number of benzene rings is 1. The number of aromatic carboxylic acids is 1. The van der Waals surface area contributed by atoms with Gasteiger partial charge in [0.15, 0.2) is 0 Å². The van der Waals surface area contributed by atoms with Gasteiger partial charge in [0.2, 0.25) is 0 Å². The second-order valence-corrected chi connectivity index (χ2v) is 5.09. The number of carbonyl (C=O) groups is 2. The number of amides is 2. The van der Waals surface area contributed by atoms with Crippen LogP contribution in [0.5, 0.6) is 0 Å². The number of nitrogens with one attached hydrogen (secondary N) is 2. The van der Waals surface area contributed by atoms with Crippen molar-refractivity contribution in [1.29, 1.82) is 0 Å². The van der Waals surface area contributed by atoms with Crippen molar-refractivity contribution in [3.8, 4) is 0 Å². The van der Waals surface area contributed by atoms with Crippen LogP contribution in [0.4, 0.5) is 4.79 Å². The summed E-state index contributed by atoms with van der Waals surface area (Å²) in [7, 11) is 3.99. The van der Waals surface area contributed by atoms with Gasteiger partial charge in [0.1, 0.15) is 0 Å². The van der Waals surface area contributed by atoms with Crippen LogP contribution in [0.2, 0.25) is 0 Å². The van der Waals surface area contributed by atoms with Gasteiger partial charge >= 0.3 is 12.0 Å². The van der Waals surface area contributed by atoms with Gasteiger partial charge in [-0.15, -0.1) is 0 Å². The van der Waals surface area contributed by atoms with Gasteiger partial charge in [-0.25, -0.2) is 9.59 Å². The third-order valence-corrected chi connectivity index (χ3v) is 2.97. The van der Waals surface area contributed by atoms with Gasteiger partial charge in [0.05, 0.1) is 5.56 Å². The molecule has 0 saturated heterocycles. The van der Waals surface area contributed by atoms with Gasteiger partial charge in [-0.05, 0) is 51.2 Å². The number of carbonyl (C=O) groups excluding carboxylic acids is 1. The number of carboxylic acids is 1.